The summed E-state index contributed by atoms with van der Waals surface area (Å²) in [5.41, 5.74) is 0.290. The van der Waals surface area contributed by atoms with E-state index in [0.717, 1.165) is 0 Å². The maximum atomic E-state index is 11.7. The largest absolute Gasteiger partial charge is 0.459 e. The van der Waals surface area contributed by atoms with E-state index >= 15 is 0 Å². The third-order valence-corrected chi connectivity index (χ3v) is 2.66. The van der Waals surface area contributed by atoms with Gasteiger partial charge in [0.05, 0.1) is 11.5 Å². The number of carbonyl (C=O) groups excluding carboxylic acids is 1. The van der Waals surface area contributed by atoms with Crippen molar-refractivity contribution in [3.63, 3.8) is 0 Å². The van der Waals surface area contributed by atoms with Crippen LogP contribution in [0, 0.1) is 21.4 Å². The second-order valence-corrected chi connectivity index (χ2v) is 4.08. The van der Waals surface area contributed by atoms with Crippen molar-refractivity contribution in [3.8, 4) is 6.07 Å². The summed E-state index contributed by atoms with van der Waals surface area (Å²) in [4.78, 5) is 22.1. The SMILES string of the molecule is CNc1ccc(/C=C(\C#N)C(=O)OCCOC)cc1[N+](=O)[O-]. The van der Waals surface area contributed by atoms with Crippen LogP contribution in [0.15, 0.2) is 23.8 Å². The van der Waals surface area contributed by atoms with Gasteiger partial charge in [0.25, 0.3) is 5.69 Å². The normalized spacial score (nSPS) is 10.7. The molecular formula is C14H15N3O5. The van der Waals surface area contributed by atoms with Crippen molar-refractivity contribution in [2.45, 2.75) is 0 Å². The Hall–Kier alpha value is -2.92. The molecule has 1 aromatic rings. The van der Waals surface area contributed by atoms with Crippen LogP contribution >= 0.6 is 0 Å². The minimum absolute atomic E-state index is 0.0210. The number of esters is 1. The van der Waals surface area contributed by atoms with E-state index in [4.69, 9.17) is 14.7 Å². The summed E-state index contributed by atoms with van der Waals surface area (Å²) in [6, 6.07) is 6.03. The molecule has 1 aromatic carbocycles. The molecule has 1 N–H and O–H groups in total. The van der Waals surface area contributed by atoms with Crippen LogP contribution in [0.1, 0.15) is 5.56 Å². The number of nitriles is 1. The average molecular weight is 305 g/mol. The highest BCUT2D eigenvalue weighted by molar-refractivity contribution is 5.98. The predicted octanol–water partition coefficient (Wildman–Crippen LogP) is 1.73. The maximum absolute atomic E-state index is 11.7. The molecule has 0 radical (unpaired) electrons. The molecule has 0 aliphatic rings. The highest BCUT2D eigenvalue weighted by atomic mass is 16.6. The van der Waals surface area contributed by atoms with Crippen LogP contribution in [0.5, 0.6) is 0 Å². The molecule has 116 valence electrons. The van der Waals surface area contributed by atoms with Crippen LogP contribution in [-0.2, 0) is 14.3 Å². The zero-order valence-corrected chi connectivity index (χ0v) is 12.2. The predicted molar refractivity (Wildman–Crippen MR) is 79.1 cm³/mol. The van der Waals surface area contributed by atoms with Gasteiger partial charge < -0.3 is 14.8 Å². The van der Waals surface area contributed by atoms with Crippen molar-refractivity contribution in [1.29, 1.82) is 5.26 Å². The third-order valence-electron chi connectivity index (χ3n) is 2.66. The molecule has 0 aliphatic carbocycles. The topological polar surface area (TPSA) is 114 Å². The van der Waals surface area contributed by atoms with E-state index in [2.05, 4.69) is 5.32 Å². The summed E-state index contributed by atoms with van der Waals surface area (Å²) >= 11 is 0. The van der Waals surface area contributed by atoms with Gasteiger partial charge >= 0.3 is 5.97 Å². The average Bonchev–Trinajstić information content (AvgIpc) is 2.52. The number of nitrogens with one attached hydrogen (secondary N) is 1. The molecule has 0 bridgehead atoms. The van der Waals surface area contributed by atoms with Crippen molar-refractivity contribution in [3.05, 3.63) is 39.4 Å². The summed E-state index contributed by atoms with van der Waals surface area (Å²) in [7, 11) is 3.02. The lowest BCUT2D eigenvalue weighted by molar-refractivity contribution is -0.384. The minimum Gasteiger partial charge on any atom is -0.459 e. The summed E-state index contributed by atoms with van der Waals surface area (Å²) in [5.74, 6) is -0.806. The van der Waals surface area contributed by atoms with Crippen LogP contribution in [0.2, 0.25) is 0 Å². The Morgan fingerprint density at radius 3 is 2.77 bits per heavy atom. The number of hydrogen-bond donors (Lipinski definition) is 1. The number of benzene rings is 1. The fourth-order valence-corrected chi connectivity index (χ4v) is 1.60. The van der Waals surface area contributed by atoms with E-state index in [1.807, 2.05) is 0 Å². The van der Waals surface area contributed by atoms with Crippen LogP contribution in [0.4, 0.5) is 11.4 Å². The van der Waals surface area contributed by atoms with Crippen molar-refractivity contribution in [1.82, 2.24) is 0 Å². The molecule has 0 fully saturated rings. The Kier molecular flexibility index (Phi) is 6.53. The van der Waals surface area contributed by atoms with Gasteiger partial charge in [-0.1, -0.05) is 6.07 Å². The molecule has 0 saturated heterocycles. The first-order chi connectivity index (χ1) is 10.5. The molecule has 0 atom stereocenters. The summed E-state index contributed by atoms with van der Waals surface area (Å²) in [5, 5.41) is 22.7. The first kappa shape index (κ1) is 17.1. The first-order valence-corrected chi connectivity index (χ1v) is 6.27. The molecule has 8 heteroatoms. The second kappa shape index (κ2) is 8.39. The van der Waals surface area contributed by atoms with Crippen LogP contribution in [-0.4, -0.2) is 38.3 Å². The number of anilines is 1. The van der Waals surface area contributed by atoms with E-state index in [1.54, 1.807) is 19.2 Å². The smallest absolute Gasteiger partial charge is 0.348 e. The Labute approximate surface area is 127 Å². The Balaban J connectivity index is 3.03. The van der Waals surface area contributed by atoms with Gasteiger partial charge in [0.15, 0.2) is 0 Å². The van der Waals surface area contributed by atoms with Crippen molar-refractivity contribution in [2.24, 2.45) is 0 Å². The molecule has 0 heterocycles. The number of nitro groups is 1. The molecule has 0 spiro atoms. The molecule has 0 aromatic heterocycles. The number of ether oxygens (including phenoxy) is 2. The lowest BCUT2D eigenvalue weighted by atomic mass is 10.1. The first-order valence-electron chi connectivity index (χ1n) is 6.27. The fourth-order valence-electron chi connectivity index (χ4n) is 1.60. The zero-order chi connectivity index (χ0) is 16.5. The molecule has 8 nitrogen and oxygen atoms in total. The molecular weight excluding hydrogens is 290 g/mol. The van der Waals surface area contributed by atoms with Gasteiger partial charge in [0.1, 0.15) is 23.9 Å². The summed E-state index contributed by atoms with van der Waals surface area (Å²) < 4.78 is 9.56. The van der Waals surface area contributed by atoms with Gasteiger partial charge in [-0.15, -0.1) is 0 Å². The highest BCUT2D eigenvalue weighted by Crippen LogP contribution is 2.26. The van der Waals surface area contributed by atoms with Gasteiger partial charge in [0.2, 0.25) is 0 Å². The number of hydrogen-bond acceptors (Lipinski definition) is 7. The fraction of sp³-hybridized carbons (Fsp3) is 0.286. The van der Waals surface area contributed by atoms with E-state index in [9.17, 15) is 14.9 Å². The molecule has 22 heavy (non-hydrogen) atoms. The quantitative estimate of drug-likeness (QED) is 0.204. The second-order valence-electron chi connectivity index (χ2n) is 4.08. The van der Waals surface area contributed by atoms with E-state index < -0.39 is 10.9 Å². The van der Waals surface area contributed by atoms with E-state index in [1.165, 1.54) is 25.3 Å². The molecule has 1 rings (SSSR count). The minimum atomic E-state index is -0.806. The van der Waals surface area contributed by atoms with Gasteiger partial charge in [-0.2, -0.15) is 5.26 Å². The maximum Gasteiger partial charge on any atom is 0.348 e. The van der Waals surface area contributed by atoms with Gasteiger partial charge in [-0.25, -0.2) is 4.79 Å². The molecule has 0 unspecified atom stereocenters. The number of nitro benzene ring substituents is 1. The Morgan fingerprint density at radius 1 is 1.50 bits per heavy atom. The number of rotatable bonds is 7. The van der Waals surface area contributed by atoms with Crippen molar-refractivity contribution in [2.75, 3.05) is 32.7 Å². The van der Waals surface area contributed by atoms with Crippen LogP contribution < -0.4 is 5.32 Å². The van der Waals surface area contributed by atoms with Crippen LogP contribution in [0.3, 0.4) is 0 Å². The van der Waals surface area contributed by atoms with Crippen molar-refractivity contribution >= 4 is 23.4 Å². The number of carbonyl (C=O) groups is 1. The van der Waals surface area contributed by atoms with Crippen molar-refractivity contribution < 1.29 is 19.2 Å². The Bertz CT molecular complexity index is 634. The van der Waals surface area contributed by atoms with E-state index in [-0.39, 0.29) is 24.5 Å². The molecule has 0 saturated carbocycles. The third kappa shape index (κ3) is 4.57. The molecule has 0 amide bonds. The van der Waals surface area contributed by atoms with Crippen LogP contribution in [0.25, 0.3) is 6.08 Å². The summed E-state index contributed by atoms with van der Waals surface area (Å²) in [6.45, 7) is 0.236. The number of methoxy groups -OCH3 is 1. The standard InChI is InChI=1S/C14H15N3O5/c1-16-12-4-3-10(8-13(12)17(19)20)7-11(9-15)14(18)22-6-5-21-2/h3-4,7-8,16H,5-6H2,1-2H3/b11-7+. The number of nitrogens with zero attached hydrogens (tertiary/aromatic N) is 2. The monoisotopic (exact) mass is 305 g/mol. The van der Waals surface area contributed by atoms with E-state index in [0.29, 0.717) is 11.3 Å². The van der Waals surface area contributed by atoms with Gasteiger partial charge in [-0.3, -0.25) is 10.1 Å². The van der Waals surface area contributed by atoms with Gasteiger partial charge in [-0.05, 0) is 17.7 Å². The lowest BCUT2D eigenvalue weighted by Crippen LogP contribution is -2.11. The molecule has 0 aliphatic heterocycles. The zero-order valence-electron chi connectivity index (χ0n) is 12.2. The highest BCUT2D eigenvalue weighted by Gasteiger charge is 2.15. The lowest BCUT2D eigenvalue weighted by Gasteiger charge is -2.04. The Morgan fingerprint density at radius 2 is 2.23 bits per heavy atom. The summed E-state index contributed by atoms with van der Waals surface area (Å²) in [6.07, 6.45) is 1.24. The van der Waals surface area contributed by atoms with Gasteiger partial charge in [0, 0.05) is 20.2 Å².